The van der Waals surface area contributed by atoms with Crippen LogP contribution in [0.1, 0.15) is 64.5 Å². The number of anilines is 2. The molecule has 0 spiro atoms. The summed E-state index contributed by atoms with van der Waals surface area (Å²) in [7, 11) is 1.97. The maximum atomic E-state index is 13.6. The first-order valence-electron chi connectivity index (χ1n) is 13.6. The number of benzene rings is 1. The zero-order valence-corrected chi connectivity index (χ0v) is 24.5. The average Bonchev–Trinajstić information content (AvgIpc) is 2.91. The number of allylic oxidation sites excluding steroid dienone is 2. The van der Waals surface area contributed by atoms with Crippen molar-refractivity contribution in [3.8, 4) is 0 Å². The van der Waals surface area contributed by atoms with Crippen molar-refractivity contribution in [3.63, 3.8) is 0 Å². The van der Waals surface area contributed by atoms with Crippen molar-refractivity contribution in [2.45, 2.75) is 79.3 Å². The van der Waals surface area contributed by atoms with Gasteiger partial charge in [0.1, 0.15) is 11.6 Å². The number of nitrogens with one attached hydrogen (secondary N) is 3. The Labute approximate surface area is 230 Å². The maximum absolute atomic E-state index is 13.6. The van der Waals surface area contributed by atoms with Crippen LogP contribution in [-0.2, 0) is 0 Å². The van der Waals surface area contributed by atoms with E-state index in [-0.39, 0.29) is 17.9 Å². The van der Waals surface area contributed by atoms with Crippen molar-refractivity contribution < 1.29 is 4.39 Å². The standard InChI is InChI=1S/C15H19FN2.C13H17N3.2C2H6/c1-10-5-7-13(9-14(10)16)18(4)15-8-6-11(2)17-12(15)3;1-9-4-7-13(14-8-9)16-12-6-5-10(2)15-11(12)3;2*1-2/h5,7,9,15,17H,2-3,6,8H2,1,4H3;4,7-8,12,15H,2-3,5-6H2,1H3,(H,14,16);2*1-2H3. The fraction of sp³-hybridized carbons (Fsp3) is 0.406. The second-order valence-electron chi connectivity index (χ2n) is 9.06. The van der Waals surface area contributed by atoms with Crippen molar-refractivity contribution in [2.75, 3.05) is 17.3 Å². The summed E-state index contributed by atoms with van der Waals surface area (Å²) in [6.07, 6.45) is 5.72. The second kappa shape index (κ2) is 16.3. The van der Waals surface area contributed by atoms with Gasteiger partial charge in [-0.3, -0.25) is 0 Å². The molecule has 0 bridgehead atoms. The highest BCUT2D eigenvalue weighted by atomic mass is 19.1. The molecule has 3 N–H and O–H groups in total. The number of piperidine rings is 2. The predicted molar refractivity (Wildman–Crippen MR) is 164 cm³/mol. The molecular formula is C32H48FN5. The predicted octanol–water partition coefficient (Wildman–Crippen LogP) is 7.98. The van der Waals surface area contributed by atoms with E-state index in [4.69, 9.17) is 0 Å². The quantitative estimate of drug-likeness (QED) is 0.381. The molecule has 0 radical (unpaired) electrons. The molecule has 208 valence electrons. The molecule has 2 aromatic rings. The van der Waals surface area contributed by atoms with Gasteiger partial charge in [0, 0.05) is 41.7 Å². The number of pyridine rings is 1. The summed E-state index contributed by atoms with van der Waals surface area (Å²) in [5, 5.41) is 9.73. The van der Waals surface area contributed by atoms with Crippen LogP contribution in [0.3, 0.4) is 0 Å². The summed E-state index contributed by atoms with van der Waals surface area (Å²) in [4.78, 5) is 6.38. The number of halogens is 1. The van der Waals surface area contributed by atoms with Crippen LogP contribution < -0.4 is 20.9 Å². The largest absolute Gasteiger partial charge is 0.366 e. The molecule has 5 nitrogen and oxygen atoms in total. The van der Waals surface area contributed by atoms with Crippen molar-refractivity contribution in [1.82, 2.24) is 15.6 Å². The highest BCUT2D eigenvalue weighted by Gasteiger charge is 2.23. The van der Waals surface area contributed by atoms with Crippen LogP contribution in [0.5, 0.6) is 0 Å². The number of hydrogen-bond donors (Lipinski definition) is 3. The van der Waals surface area contributed by atoms with Crippen LogP contribution in [0.4, 0.5) is 15.9 Å². The monoisotopic (exact) mass is 521 g/mol. The lowest BCUT2D eigenvalue weighted by atomic mass is 10.0. The summed E-state index contributed by atoms with van der Waals surface area (Å²) in [6, 6.07) is 9.78. The number of hydrogen-bond acceptors (Lipinski definition) is 5. The Balaban J connectivity index is 0.000000338. The van der Waals surface area contributed by atoms with E-state index in [2.05, 4.69) is 52.1 Å². The molecule has 4 rings (SSSR count). The van der Waals surface area contributed by atoms with Crippen molar-refractivity contribution >= 4 is 11.5 Å². The summed E-state index contributed by atoms with van der Waals surface area (Å²) < 4.78 is 13.6. The van der Waals surface area contributed by atoms with Gasteiger partial charge in [0.15, 0.2) is 0 Å². The van der Waals surface area contributed by atoms with Gasteiger partial charge in [-0.2, -0.15) is 0 Å². The third-order valence-corrected chi connectivity index (χ3v) is 6.22. The van der Waals surface area contributed by atoms with Crippen LogP contribution >= 0.6 is 0 Å². The lowest BCUT2D eigenvalue weighted by Gasteiger charge is -2.36. The zero-order chi connectivity index (χ0) is 28.8. The molecule has 2 aliphatic rings. The van der Waals surface area contributed by atoms with Gasteiger partial charge >= 0.3 is 0 Å². The lowest BCUT2D eigenvalue weighted by Crippen LogP contribution is -2.41. The molecule has 3 heterocycles. The number of aromatic nitrogens is 1. The van der Waals surface area contributed by atoms with Gasteiger partial charge < -0.3 is 20.9 Å². The molecular weight excluding hydrogens is 473 g/mol. The van der Waals surface area contributed by atoms with E-state index >= 15 is 0 Å². The van der Waals surface area contributed by atoms with Gasteiger partial charge in [0.25, 0.3) is 0 Å². The number of likely N-dealkylation sites (N-methyl/N-ethyl adjacent to an activating group) is 1. The van der Waals surface area contributed by atoms with Crippen LogP contribution in [0.25, 0.3) is 0 Å². The molecule has 1 aromatic carbocycles. The first-order chi connectivity index (χ1) is 18.1. The van der Waals surface area contributed by atoms with E-state index in [1.165, 1.54) is 5.56 Å². The van der Waals surface area contributed by atoms with E-state index in [9.17, 15) is 4.39 Å². The van der Waals surface area contributed by atoms with Gasteiger partial charge in [-0.25, -0.2) is 9.37 Å². The Morgan fingerprint density at radius 2 is 1.50 bits per heavy atom. The normalized spacial score (nSPS) is 18.2. The molecule has 0 saturated carbocycles. The zero-order valence-electron chi connectivity index (χ0n) is 24.5. The lowest BCUT2D eigenvalue weighted by molar-refractivity contribution is 0.559. The van der Waals surface area contributed by atoms with E-state index in [1.807, 2.05) is 66.1 Å². The molecule has 2 fully saturated rings. The molecule has 0 aliphatic carbocycles. The van der Waals surface area contributed by atoms with Crippen LogP contribution in [-0.4, -0.2) is 24.1 Å². The fourth-order valence-electron chi connectivity index (χ4n) is 4.03. The molecule has 2 saturated heterocycles. The summed E-state index contributed by atoms with van der Waals surface area (Å²) in [5.74, 6) is 0.726. The SMILES string of the molecule is C=C1CCC(N(C)c2ccc(C)c(F)c2)C(=C)N1.C=C1CCC(Nc2ccc(C)cn2)C(=C)N1.CC.CC. The summed E-state index contributed by atoms with van der Waals surface area (Å²) in [6.45, 7) is 27.6. The van der Waals surface area contributed by atoms with Gasteiger partial charge in [-0.05, 0) is 68.9 Å². The molecule has 38 heavy (non-hydrogen) atoms. The smallest absolute Gasteiger partial charge is 0.128 e. The fourth-order valence-corrected chi connectivity index (χ4v) is 4.03. The minimum atomic E-state index is -0.168. The topological polar surface area (TPSA) is 52.2 Å². The highest BCUT2D eigenvalue weighted by molar-refractivity contribution is 5.50. The second-order valence-corrected chi connectivity index (χ2v) is 9.06. The van der Waals surface area contributed by atoms with Gasteiger partial charge in [-0.15, -0.1) is 0 Å². The van der Waals surface area contributed by atoms with Crippen molar-refractivity contribution in [3.05, 3.63) is 103 Å². The molecule has 6 heteroatoms. The van der Waals surface area contributed by atoms with Crippen molar-refractivity contribution in [2.24, 2.45) is 0 Å². The average molecular weight is 522 g/mol. The molecule has 0 amide bonds. The van der Waals surface area contributed by atoms with Crippen LogP contribution in [0.2, 0.25) is 0 Å². The maximum Gasteiger partial charge on any atom is 0.128 e. The number of nitrogens with zero attached hydrogens (tertiary/aromatic N) is 2. The molecule has 2 unspecified atom stereocenters. The van der Waals surface area contributed by atoms with Gasteiger partial charge in [0.05, 0.1) is 12.1 Å². The Kier molecular flexibility index (Phi) is 14.0. The summed E-state index contributed by atoms with van der Waals surface area (Å²) in [5.41, 5.74) is 6.65. The van der Waals surface area contributed by atoms with Gasteiger partial charge in [0.2, 0.25) is 0 Å². The minimum Gasteiger partial charge on any atom is -0.366 e. The third kappa shape index (κ3) is 9.73. The summed E-state index contributed by atoms with van der Waals surface area (Å²) >= 11 is 0. The van der Waals surface area contributed by atoms with Crippen molar-refractivity contribution in [1.29, 1.82) is 0 Å². The number of aryl methyl sites for hydroxylation is 2. The first-order valence-corrected chi connectivity index (χ1v) is 13.6. The van der Waals surface area contributed by atoms with E-state index < -0.39 is 0 Å². The van der Waals surface area contributed by atoms with Crippen LogP contribution in [0, 0.1) is 19.7 Å². The highest BCUT2D eigenvalue weighted by Crippen LogP contribution is 2.26. The van der Waals surface area contributed by atoms with Gasteiger partial charge in [-0.1, -0.05) is 66.1 Å². The Bertz CT molecular complexity index is 1070. The first kappa shape index (κ1) is 32.5. The Hall–Kier alpha value is -3.54. The van der Waals surface area contributed by atoms with E-state index in [0.717, 1.165) is 60.0 Å². The molecule has 2 aliphatic heterocycles. The Morgan fingerprint density at radius 3 is 2.03 bits per heavy atom. The van der Waals surface area contributed by atoms with E-state index in [0.29, 0.717) is 5.56 Å². The minimum absolute atomic E-state index is 0.168. The molecule has 1 aromatic heterocycles. The third-order valence-electron chi connectivity index (χ3n) is 6.22. The Morgan fingerprint density at radius 1 is 0.895 bits per heavy atom. The van der Waals surface area contributed by atoms with E-state index in [1.54, 1.807) is 19.1 Å². The van der Waals surface area contributed by atoms with Crippen LogP contribution in [0.15, 0.2) is 85.6 Å². The molecule has 2 atom stereocenters. The number of rotatable bonds is 4.